The zero-order valence-electron chi connectivity index (χ0n) is 31.3. The summed E-state index contributed by atoms with van der Waals surface area (Å²) in [5.74, 6) is 1.70. The van der Waals surface area contributed by atoms with Gasteiger partial charge in [-0.1, -0.05) is 12.2 Å². The average molecular weight is 752 g/mol. The molecular weight excluding hydrogens is 705 g/mol. The van der Waals surface area contributed by atoms with Crippen LogP contribution in [0.3, 0.4) is 0 Å². The monoisotopic (exact) mass is 751 g/mol. The molecule has 288 valence electrons. The van der Waals surface area contributed by atoms with Crippen LogP contribution in [-0.4, -0.2) is 101 Å². The third-order valence-electron chi connectivity index (χ3n) is 9.81. The first-order chi connectivity index (χ1) is 26.4. The number of rotatable bonds is 16. The minimum absolute atomic E-state index is 0.0486. The van der Waals surface area contributed by atoms with Crippen LogP contribution in [0.4, 0.5) is 17.3 Å². The molecule has 4 heterocycles. The average Bonchev–Trinajstić information content (AvgIpc) is 3.71. The summed E-state index contributed by atoms with van der Waals surface area (Å²) < 4.78 is 21.2. The maximum absolute atomic E-state index is 13.4. The van der Waals surface area contributed by atoms with E-state index in [2.05, 4.69) is 31.6 Å². The SMILES string of the molecule is CCn1nc(C)cc1C(=O)Nc1nc2cc(C(N)=O)cc(OC)c2n1C/C=C/CNc1c(N)cc(C(N)=O)cc1OCCCN1CC2(CB(C#N)CCO2)C1. The molecule has 3 amide bonds. The van der Waals surface area contributed by atoms with Crippen LogP contribution in [0.15, 0.2) is 42.5 Å². The van der Waals surface area contributed by atoms with Crippen LogP contribution in [0, 0.1) is 18.2 Å². The van der Waals surface area contributed by atoms with Gasteiger partial charge in [-0.3, -0.25) is 29.3 Å². The largest absolute Gasteiger partial charge is 0.494 e. The number of fused-ring (bicyclic) bond motifs is 1. The first-order valence-corrected chi connectivity index (χ1v) is 18.2. The number of aryl methyl sites for hydroxylation is 2. The number of imidazole rings is 1. The highest BCUT2D eigenvalue weighted by molar-refractivity contribution is 6.67. The summed E-state index contributed by atoms with van der Waals surface area (Å²) in [5.41, 5.74) is 20.6. The second-order valence-corrected chi connectivity index (χ2v) is 13.8. The Kier molecular flexibility index (Phi) is 11.6. The van der Waals surface area contributed by atoms with Crippen LogP contribution in [0.2, 0.25) is 12.6 Å². The third-order valence-corrected chi connectivity index (χ3v) is 9.81. The summed E-state index contributed by atoms with van der Waals surface area (Å²) >= 11 is 0. The van der Waals surface area contributed by atoms with Crippen molar-refractivity contribution in [2.75, 3.05) is 62.9 Å². The number of nitriles is 1. The Hall–Kier alpha value is -6.06. The number of primary amides is 2. The Bertz CT molecular complexity index is 2170. The van der Waals surface area contributed by atoms with E-state index in [-0.39, 0.29) is 35.9 Å². The highest BCUT2D eigenvalue weighted by Crippen LogP contribution is 2.36. The van der Waals surface area contributed by atoms with Crippen molar-refractivity contribution in [3.8, 4) is 17.5 Å². The van der Waals surface area contributed by atoms with Gasteiger partial charge in [0.1, 0.15) is 28.4 Å². The summed E-state index contributed by atoms with van der Waals surface area (Å²) in [6.45, 7) is 8.21. The summed E-state index contributed by atoms with van der Waals surface area (Å²) in [5, 5.41) is 19.9. The van der Waals surface area contributed by atoms with Crippen molar-refractivity contribution in [1.29, 1.82) is 5.26 Å². The van der Waals surface area contributed by atoms with Gasteiger partial charge in [-0.05, 0) is 63.2 Å². The number of nitrogens with zero attached hydrogens (tertiary/aromatic N) is 6. The van der Waals surface area contributed by atoms with E-state index in [1.807, 2.05) is 26.0 Å². The topological polar surface area (TPSA) is 244 Å². The molecule has 2 aliphatic rings. The number of carbonyl (C=O) groups is 3. The Balaban J connectivity index is 1.14. The molecule has 8 N–H and O–H groups in total. The fourth-order valence-corrected chi connectivity index (χ4v) is 7.20. The van der Waals surface area contributed by atoms with Gasteiger partial charge in [0.25, 0.3) is 12.6 Å². The van der Waals surface area contributed by atoms with Gasteiger partial charge in [-0.15, -0.1) is 0 Å². The Morgan fingerprint density at radius 3 is 2.56 bits per heavy atom. The number of nitrogen functional groups attached to an aromatic ring is 1. The zero-order valence-corrected chi connectivity index (χ0v) is 31.3. The van der Waals surface area contributed by atoms with E-state index in [0.717, 1.165) is 38.7 Å². The second kappa shape index (κ2) is 16.5. The molecule has 55 heavy (non-hydrogen) atoms. The fourth-order valence-electron chi connectivity index (χ4n) is 7.20. The van der Waals surface area contributed by atoms with Crippen LogP contribution >= 0.6 is 0 Å². The van der Waals surface area contributed by atoms with Crippen LogP contribution in [-0.2, 0) is 17.8 Å². The van der Waals surface area contributed by atoms with Crippen molar-refractivity contribution in [3.05, 3.63) is 65.0 Å². The number of aromatic nitrogens is 4. The number of allylic oxidation sites excluding steroid dienone is 1. The van der Waals surface area contributed by atoms with Crippen LogP contribution < -0.4 is 37.3 Å². The molecule has 2 aliphatic heterocycles. The number of nitrogens with two attached hydrogens (primary N) is 3. The van der Waals surface area contributed by atoms with Gasteiger partial charge >= 0.3 is 0 Å². The first kappa shape index (κ1) is 38.7. The molecule has 0 atom stereocenters. The molecule has 1 spiro atoms. The van der Waals surface area contributed by atoms with Crippen molar-refractivity contribution >= 4 is 52.8 Å². The van der Waals surface area contributed by atoms with Gasteiger partial charge in [-0.2, -0.15) is 5.10 Å². The van der Waals surface area contributed by atoms with Crippen LogP contribution in [0.1, 0.15) is 50.2 Å². The molecule has 0 unspecified atom stereocenters. The number of amides is 3. The van der Waals surface area contributed by atoms with E-state index >= 15 is 0 Å². The molecule has 2 aromatic heterocycles. The Labute approximate surface area is 318 Å². The Morgan fingerprint density at radius 1 is 1.11 bits per heavy atom. The van der Waals surface area contributed by atoms with Gasteiger partial charge < -0.3 is 41.3 Å². The number of carbonyl (C=O) groups excluding carboxylic acids is 3. The molecular formula is C37H46BN11O6. The second-order valence-electron chi connectivity index (χ2n) is 13.8. The number of methoxy groups -OCH3 is 1. The van der Waals surface area contributed by atoms with E-state index in [0.29, 0.717) is 71.6 Å². The molecule has 6 rings (SSSR count). The normalized spacial score (nSPS) is 15.2. The number of nitrogens with one attached hydrogen (secondary N) is 2. The van der Waals surface area contributed by atoms with Crippen molar-refractivity contribution in [2.24, 2.45) is 11.5 Å². The van der Waals surface area contributed by atoms with Crippen molar-refractivity contribution in [2.45, 2.75) is 51.6 Å². The smallest absolute Gasteiger partial charge is 0.276 e. The predicted octanol–water partition coefficient (Wildman–Crippen LogP) is 2.68. The lowest BCUT2D eigenvalue weighted by molar-refractivity contribution is -0.134. The number of likely N-dealkylation sites (tertiary alicyclic amines) is 1. The van der Waals surface area contributed by atoms with E-state index in [1.54, 1.807) is 27.4 Å². The van der Waals surface area contributed by atoms with E-state index in [9.17, 15) is 19.6 Å². The highest BCUT2D eigenvalue weighted by Gasteiger charge is 2.48. The van der Waals surface area contributed by atoms with Crippen molar-refractivity contribution < 1.29 is 28.6 Å². The van der Waals surface area contributed by atoms with Crippen molar-refractivity contribution in [3.63, 3.8) is 0 Å². The standard InChI is InChI=1S/C37H46BN11O6/c1-4-49-28(14-23(2)46-49)35(52)45-36-44-27-16-25(34(42)51)18-30(53-3)32(27)48(36)11-6-5-9-43-31-26(40)15-24(33(41)50)17-29(31)54-12-7-10-47-20-37(21-47)19-38(22-39)8-13-55-37/h5-6,14-18,43H,4,7-13,19-21,40H2,1-3H3,(H2,41,50)(H2,42,51)(H,44,45,52)/b6-5+. The molecule has 4 aromatic rings. The van der Waals surface area contributed by atoms with Gasteiger partial charge in [0.15, 0.2) is 0 Å². The quantitative estimate of drug-likeness (QED) is 0.0480. The molecule has 0 bridgehead atoms. The Morgan fingerprint density at radius 2 is 1.85 bits per heavy atom. The molecule has 0 aliphatic carbocycles. The first-order valence-electron chi connectivity index (χ1n) is 18.2. The number of benzene rings is 2. The third kappa shape index (κ3) is 8.53. The fraction of sp³-hybridized carbons (Fsp3) is 0.405. The van der Waals surface area contributed by atoms with Gasteiger partial charge in [0.05, 0.1) is 36.2 Å². The van der Waals surface area contributed by atoms with Gasteiger partial charge in [-0.25, -0.2) is 10.2 Å². The minimum Gasteiger partial charge on any atom is -0.494 e. The molecule has 0 saturated carbocycles. The molecule has 2 fully saturated rings. The number of hydrogen-bond donors (Lipinski definition) is 5. The van der Waals surface area contributed by atoms with E-state index in [4.69, 9.17) is 31.4 Å². The lowest BCUT2D eigenvalue weighted by Crippen LogP contribution is -2.65. The summed E-state index contributed by atoms with van der Waals surface area (Å²) in [6, 6.07) is 7.86. The number of ether oxygens (including phenoxy) is 3. The zero-order chi connectivity index (χ0) is 39.3. The molecule has 17 nitrogen and oxygen atoms in total. The number of anilines is 3. The molecule has 2 saturated heterocycles. The van der Waals surface area contributed by atoms with Crippen LogP contribution in [0.5, 0.6) is 11.5 Å². The minimum atomic E-state index is -0.644. The number of hydrogen-bond acceptors (Lipinski definition) is 12. The highest BCUT2D eigenvalue weighted by atomic mass is 16.5. The molecule has 2 aromatic carbocycles. The summed E-state index contributed by atoms with van der Waals surface area (Å²) in [4.78, 5) is 44.5. The van der Waals surface area contributed by atoms with Gasteiger partial charge in [0, 0.05) is 63.0 Å². The lowest BCUT2D eigenvalue weighted by Gasteiger charge is -2.52. The molecule has 18 heteroatoms. The summed E-state index contributed by atoms with van der Waals surface area (Å²) in [7, 11) is 1.48. The maximum Gasteiger partial charge on any atom is 0.276 e. The lowest BCUT2D eigenvalue weighted by atomic mass is 9.42. The maximum atomic E-state index is 13.4. The molecule has 0 radical (unpaired) electrons. The predicted molar refractivity (Wildman–Crippen MR) is 209 cm³/mol. The van der Waals surface area contributed by atoms with Gasteiger partial charge in [0.2, 0.25) is 17.8 Å². The van der Waals surface area contributed by atoms with Crippen molar-refractivity contribution in [1.82, 2.24) is 24.2 Å². The van der Waals surface area contributed by atoms with Crippen LogP contribution in [0.25, 0.3) is 11.0 Å². The van der Waals surface area contributed by atoms with E-state index < -0.39 is 17.7 Å². The summed E-state index contributed by atoms with van der Waals surface area (Å²) in [6.07, 6.45) is 6.02. The van der Waals surface area contributed by atoms with E-state index in [1.165, 1.54) is 19.2 Å².